The van der Waals surface area contributed by atoms with Gasteiger partial charge in [-0.3, -0.25) is 48.9 Å². The summed E-state index contributed by atoms with van der Waals surface area (Å²) < 4.78 is 13.3. The lowest BCUT2D eigenvalue weighted by atomic mass is 9.95. The first kappa shape index (κ1) is 41.1. The molecular weight excluding hydrogens is 755 g/mol. The Bertz CT molecular complexity index is 2330. The summed E-state index contributed by atoms with van der Waals surface area (Å²) in [6.45, 7) is 3.21. The number of piperidine rings is 1. The van der Waals surface area contributed by atoms with E-state index in [0.717, 1.165) is 65.5 Å². The molecule has 1 atom stereocenters. The Hall–Kier alpha value is -6.09. The van der Waals surface area contributed by atoms with E-state index in [-0.39, 0.29) is 41.4 Å². The molecule has 1 unspecified atom stereocenters. The number of nitrogens with zero attached hydrogens (tertiary/aromatic N) is 5. The molecule has 15 heteroatoms. The molecule has 2 N–H and O–H groups in total. The number of nitrogens with one attached hydrogen (secondary N) is 2. The van der Waals surface area contributed by atoms with Crippen molar-refractivity contribution in [1.82, 2.24) is 29.6 Å². The zero-order chi connectivity index (χ0) is 41.8. The lowest BCUT2D eigenvalue weighted by Crippen LogP contribution is -2.54. The minimum atomic E-state index is -0.993. The van der Waals surface area contributed by atoms with Crippen molar-refractivity contribution in [2.45, 2.75) is 64.0 Å². The summed E-state index contributed by atoms with van der Waals surface area (Å²) in [6, 6.07) is 9.86. The van der Waals surface area contributed by atoms with E-state index in [1.54, 1.807) is 56.4 Å². The average molecular weight is 806 g/mol. The number of ether oxygens (including phenoxy) is 2. The van der Waals surface area contributed by atoms with Crippen LogP contribution in [0.25, 0.3) is 21.9 Å². The third kappa shape index (κ3) is 8.42. The van der Waals surface area contributed by atoms with E-state index in [4.69, 9.17) is 9.47 Å². The molecule has 2 aromatic heterocycles. The van der Waals surface area contributed by atoms with E-state index in [0.29, 0.717) is 55.3 Å². The molecule has 0 radical (unpaired) electrons. The fourth-order valence-corrected chi connectivity index (χ4v) is 8.40. The van der Waals surface area contributed by atoms with Crippen molar-refractivity contribution in [3.8, 4) is 22.6 Å². The van der Waals surface area contributed by atoms with Crippen molar-refractivity contribution >= 4 is 46.0 Å². The predicted molar refractivity (Wildman–Crippen MR) is 221 cm³/mol. The molecule has 2 aromatic carbocycles. The average Bonchev–Trinajstić information content (AvgIpc) is 3.48. The molecule has 59 heavy (non-hydrogen) atoms. The van der Waals surface area contributed by atoms with Gasteiger partial charge in [-0.05, 0) is 60.5 Å². The number of imide groups is 2. The van der Waals surface area contributed by atoms with Crippen LogP contribution in [0.4, 0.5) is 5.69 Å². The Morgan fingerprint density at radius 2 is 1.63 bits per heavy atom. The number of hydrogen-bond acceptors (Lipinski definition) is 11. The van der Waals surface area contributed by atoms with E-state index < -0.39 is 29.7 Å². The van der Waals surface area contributed by atoms with Gasteiger partial charge < -0.3 is 24.3 Å². The lowest BCUT2D eigenvalue weighted by molar-refractivity contribution is -0.140. The Morgan fingerprint density at radius 3 is 2.34 bits per heavy atom. The molecule has 3 aliphatic heterocycles. The van der Waals surface area contributed by atoms with Gasteiger partial charge in [0, 0.05) is 83.1 Å². The number of carbonyl (C=O) groups is 5. The smallest absolute Gasteiger partial charge is 0.264 e. The topological polar surface area (TPSA) is 172 Å². The molecule has 310 valence electrons. The number of unbranched alkanes of at least 4 members (excludes halogenated alkanes) is 5. The summed E-state index contributed by atoms with van der Waals surface area (Å²) >= 11 is 0. The molecule has 0 saturated carbocycles. The second-order valence-corrected chi connectivity index (χ2v) is 15.6. The van der Waals surface area contributed by atoms with Crippen LogP contribution >= 0.6 is 0 Å². The fourth-order valence-electron chi connectivity index (χ4n) is 8.40. The van der Waals surface area contributed by atoms with Gasteiger partial charge in [0.1, 0.15) is 17.5 Å². The van der Waals surface area contributed by atoms with Crippen molar-refractivity contribution in [3.05, 3.63) is 82.0 Å². The maximum Gasteiger partial charge on any atom is 0.264 e. The van der Waals surface area contributed by atoms with Crippen molar-refractivity contribution in [1.29, 1.82) is 0 Å². The summed E-state index contributed by atoms with van der Waals surface area (Å²) in [4.78, 5) is 85.6. The Labute approximate surface area is 342 Å². The van der Waals surface area contributed by atoms with E-state index in [1.807, 2.05) is 36.3 Å². The van der Waals surface area contributed by atoms with Crippen LogP contribution < -0.4 is 25.7 Å². The van der Waals surface area contributed by atoms with Crippen LogP contribution in [-0.4, -0.2) is 107 Å². The molecule has 15 nitrogen and oxygen atoms in total. The maximum atomic E-state index is 13.3. The summed E-state index contributed by atoms with van der Waals surface area (Å²) in [6.07, 6.45) is 11.2. The molecule has 0 bridgehead atoms. The van der Waals surface area contributed by atoms with Crippen molar-refractivity contribution < 1.29 is 33.4 Å². The highest BCUT2D eigenvalue weighted by atomic mass is 16.5. The highest BCUT2D eigenvalue weighted by Gasteiger charge is 2.45. The first-order valence-electron chi connectivity index (χ1n) is 20.2. The minimum Gasteiger partial charge on any atom is -0.496 e. The van der Waals surface area contributed by atoms with E-state index >= 15 is 0 Å². The Morgan fingerprint density at radius 1 is 0.915 bits per heavy atom. The highest BCUT2D eigenvalue weighted by Crippen LogP contribution is 2.39. The predicted octanol–water partition coefficient (Wildman–Crippen LogP) is 4.36. The number of pyridine rings is 2. The number of aryl methyl sites for hydroxylation is 1. The molecule has 0 aliphatic carbocycles. The molecule has 3 aliphatic rings. The van der Waals surface area contributed by atoms with Crippen molar-refractivity contribution in [2.75, 3.05) is 52.8 Å². The van der Waals surface area contributed by atoms with Gasteiger partial charge in [-0.25, -0.2) is 0 Å². The van der Waals surface area contributed by atoms with Crippen LogP contribution in [-0.2, 0) is 28.0 Å². The summed E-state index contributed by atoms with van der Waals surface area (Å²) in [5.41, 5.74) is 3.62. The fraction of sp³-hybridized carbons (Fsp3) is 0.432. The number of amides is 5. The molecule has 2 saturated heterocycles. The molecule has 5 amide bonds. The number of fused-ring (bicyclic) bond motifs is 2. The van der Waals surface area contributed by atoms with Crippen molar-refractivity contribution in [3.63, 3.8) is 0 Å². The van der Waals surface area contributed by atoms with Gasteiger partial charge in [0.25, 0.3) is 17.4 Å². The third-order valence-corrected chi connectivity index (χ3v) is 11.7. The Kier molecular flexibility index (Phi) is 12.4. The molecule has 2 fully saturated rings. The third-order valence-electron chi connectivity index (χ3n) is 11.7. The minimum absolute atomic E-state index is 0.0610. The van der Waals surface area contributed by atoms with Gasteiger partial charge in [-0.2, -0.15) is 0 Å². The lowest BCUT2D eigenvalue weighted by Gasteiger charge is -2.40. The Balaban J connectivity index is 0.816. The zero-order valence-corrected chi connectivity index (χ0v) is 34.0. The summed E-state index contributed by atoms with van der Waals surface area (Å²) in [7, 11) is 6.87. The van der Waals surface area contributed by atoms with E-state index in [2.05, 4.69) is 20.5 Å². The van der Waals surface area contributed by atoms with Crippen LogP contribution in [0, 0.1) is 5.92 Å². The van der Waals surface area contributed by atoms with Crippen LogP contribution in [0.3, 0.4) is 0 Å². The zero-order valence-electron chi connectivity index (χ0n) is 34.0. The molecule has 5 heterocycles. The van der Waals surface area contributed by atoms with Gasteiger partial charge in [-0.1, -0.05) is 31.7 Å². The number of hydrogen-bond donors (Lipinski definition) is 2. The standard InChI is InChI=1S/C44H51N7O8/c1-48(19-10-8-6-5-7-9-17-46-34-13-11-12-30-39(34)44(57)51(43(30)56)35-14-15-38(52)47-40(35)53)41(54)28-23-50(24-28)26-33-36(58-3)20-27(21-37(33)59-4)32-25-49(2)42(55)31-22-45-18-16-29(31)32/h11-13,16,18,20-22,25,28,35,46H,5-10,14-15,17,19,23-24,26H2,1-4H3,(H,47,52,53). The van der Waals surface area contributed by atoms with E-state index in [1.165, 1.54) is 0 Å². The largest absolute Gasteiger partial charge is 0.496 e. The summed E-state index contributed by atoms with van der Waals surface area (Å²) in [5, 5.41) is 6.87. The first-order chi connectivity index (χ1) is 28.5. The number of benzene rings is 2. The van der Waals surface area contributed by atoms with Gasteiger partial charge in [0.2, 0.25) is 17.7 Å². The monoisotopic (exact) mass is 805 g/mol. The number of aromatic nitrogens is 2. The van der Waals surface area contributed by atoms with Crippen LogP contribution in [0.15, 0.2) is 59.8 Å². The number of anilines is 1. The van der Waals surface area contributed by atoms with Gasteiger partial charge in [0.15, 0.2) is 0 Å². The highest BCUT2D eigenvalue weighted by molar-refractivity contribution is 6.25. The summed E-state index contributed by atoms with van der Waals surface area (Å²) in [5.74, 6) is -0.617. The molecular formula is C44H51N7O8. The number of methoxy groups -OCH3 is 2. The number of rotatable bonds is 17. The second kappa shape index (κ2) is 17.8. The first-order valence-corrected chi connectivity index (χ1v) is 20.2. The van der Waals surface area contributed by atoms with Crippen LogP contribution in [0.5, 0.6) is 11.5 Å². The van der Waals surface area contributed by atoms with E-state index in [9.17, 15) is 28.8 Å². The quantitative estimate of drug-likeness (QED) is 0.115. The van der Waals surface area contributed by atoms with Gasteiger partial charge in [0.05, 0.1) is 42.2 Å². The molecule has 7 rings (SSSR count). The van der Waals surface area contributed by atoms with Crippen LogP contribution in [0.2, 0.25) is 0 Å². The van der Waals surface area contributed by atoms with Crippen molar-refractivity contribution in [2.24, 2.45) is 13.0 Å². The van der Waals surface area contributed by atoms with Crippen LogP contribution in [0.1, 0.15) is 77.6 Å². The maximum absolute atomic E-state index is 13.3. The van der Waals surface area contributed by atoms with Gasteiger partial charge in [-0.15, -0.1) is 0 Å². The normalized spacial score (nSPS) is 16.9. The van der Waals surface area contributed by atoms with Gasteiger partial charge >= 0.3 is 0 Å². The number of carbonyl (C=O) groups excluding carboxylic acids is 5. The molecule has 4 aromatic rings. The number of likely N-dealkylation sites (tertiary alicyclic amines) is 1. The second-order valence-electron chi connectivity index (χ2n) is 15.6. The molecule has 0 spiro atoms. The SMILES string of the molecule is COc1cc(-c2cn(C)c(=O)c3cnccc23)cc(OC)c1CN1CC(C(=O)N(C)CCCCCCCCNc2cccc3c2C(=O)N(C2CCC(=O)NC2=O)C3=O)C1.